The van der Waals surface area contributed by atoms with Gasteiger partial charge in [0.2, 0.25) is 17.8 Å². The van der Waals surface area contributed by atoms with Crippen molar-refractivity contribution in [3.63, 3.8) is 0 Å². The first-order chi connectivity index (χ1) is 28.1. The van der Waals surface area contributed by atoms with E-state index in [9.17, 15) is 9.59 Å². The van der Waals surface area contributed by atoms with E-state index in [1.807, 2.05) is 15.8 Å². The van der Waals surface area contributed by atoms with Crippen molar-refractivity contribution in [2.24, 2.45) is 0 Å². The number of anilines is 3. The van der Waals surface area contributed by atoms with E-state index in [1.165, 1.54) is 83.5 Å². The third-order valence-corrected chi connectivity index (χ3v) is 11.5. The van der Waals surface area contributed by atoms with Crippen LogP contribution in [0, 0.1) is 0 Å². The number of nitrogens with zero attached hydrogens (tertiary/aromatic N) is 6. The lowest BCUT2D eigenvalue weighted by Crippen LogP contribution is -2.49. The Hall–Kier alpha value is -4.09. The molecular weight excluding hydrogens is 727 g/mol. The van der Waals surface area contributed by atoms with Crippen LogP contribution in [0.3, 0.4) is 0 Å². The summed E-state index contributed by atoms with van der Waals surface area (Å²) in [4.78, 5) is 38.9. The lowest BCUT2D eigenvalue weighted by atomic mass is 9.96. The van der Waals surface area contributed by atoms with Gasteiger partial charge in [0, 0.05) is 68.4 Å². The molecule has 12 nitrogen and oxygen atoms in total. The van der Waals surface area contributed by atoms with Gasteiger partial charge in [0.1, 0.15) is 11.3 Å². The predicted octanol–water partition coefficient (Wildman–Crippen LogP) is 9.65. The van der Waals surface area contributed by atoms with Crippen LogP contribution in [-0.2, 0) is 16.1 Å². The van der Waals surface area contributed by atoms with E-state index in [4.69, 9.17) is 15.6 Å². The van der Waals surface area contributed by atoms with Gasteiger partial charge in [0.15, 0.2) is 11.3 Å². The molecule has 3 aromatic rings. The molecule has 2 amide bonds. The molecule has 0 radical (unpaired) electrons. The minimum atomic E-state index is -0.321. The quantitative estimate of drug-likeness (QED) is 0.0585. The zero-order valence-electron chi connectivity index (χ0n) is 36.9. The number of fused-ring (bicyclic) bond motifs is 1. The monoisotopic (exact) mass is 804 g/mol. The van der Waals surface area contributed by atoms with Crippen molar-refractivity contribution < 1.29 is 14.3 Å². The van der Waals surface area contributed by atoms with Crippen LogP contribution in [0.25, 0.3) is 11.0 Å². The van der Waals surface area contributed by atoms with Crippen molar-refractivity contribution in [3.05, 3.63) is 30.0 Å². The molecular formula is C46H77N9O3. The van der Waals surface area contributed by atoms with Gasteiger partial charge in [-0.15, -0.1) is 0 Å². The molecule has 1 aliphatic heterocycles. The molecule has 1 saturated heterocycles. The maximum Gasteiger partial charge on any atom is 0.222 e. The van der Waals surface area contributed by atoms with Crippen LogP contribution in [-0.4, -0.2) is 81.8 Å². The van der Waals surface area contributed by atoms with E-state index in [0.29, 0.717) is 49.3 Å². The molecule has 0 spiro atoms. The maximum absolute atomic E-state index is 13.2. The Balaban J connectivity index is 1.09. The molecule has 3 heterocycles. The van der Waals surface area contributed by atoms with Crippen LogP contribution in [0.4, 0.5) is 17.5 Å². The molecule has 0 aliphatic carbocycles. The number of methoxy groups -OCH3 is 1. The Kier molecular flexibility index (Phi) is 20.4. The highest BCUT2D eigenvalue weighted by Crippen LogP contribution is 2.29. The minimum absolute atomic E-state index is 0.131. The highest BCUT2D eigenvalue weighted by molar-refractivity contribution is 5.85. The van der Waals surface area contributed by atoms with Crippen LogP contribution < -0.4 is 26.0 Å². The molecule has 0 saturated carbocycles. The van der Waals surface area contributed by atoms with E-state index < -0.39 is 0 Å². The van der Waals surface area contributed by atoms with Gasteiger partial charge in [-0.1, -0.05) is 116 Å². The average Bonchev–Trinajstić information content (AvgIpc) is 3.61. The van der Waals surface area contributed by atoms with E-state index in [2.05, 4.69) is 71.4 Å². The lowest BCUT2D eigenvalue weighted by molar-refractivity contribution is -0.131. The SMILES string of the molecule is CCCCCCCCCCCCCCCCCC(=O)NC(C)(C)CCCC(=O)N1CCN(c2ccc(Cn3cc4nc(N)nc(NCCCC)c4n3)c(OC)c2)CC1. The number of ether oxygens (including phenoxy) is 1. The molecule has 4 rings (SSSR count). The molecule has 2 aromatic heterocycles. The number of piperazine rings is 1. The van der Waals surface area contributed by atoms with Crippen molar-refractivity contribution in [3.8, 4) is 5.75 Å². The Morgan fingerprint density at radius 1 is 0.793 bits per heavy atom. The normalized spacial score (nSPS) is 13.3. The molecule has 324 valence electrons. The average molecular weight is 804 g/mol. The fourth-order valence-electron chi connectivity index (χ4n) is 8.01. The van der Waals surface area contributed by atoms with Gasteiger partial charge in [-0.05, 0) is 45.6 Å². The van der Waals surface area contributed by atoms with Crippen molar-refractivity contribution in [2.75, 3.05) is 55.8 Å². The standard InChI is InChI=1S/C46H77N9O3/c1-6-8-10-11-12-13-14-15-16-17-18-19-20-21-22-24-41(56)51-46(3,4)28-23-25-42(57)54-32-30-53(31-33-54)38-27-26-37(40(34-38)58-5)35-55-36-39-43(52-55)44(48-29-9-7-2)50-45(47)49-39/h26-27,34,36H,6-25,28-33,35H2,1-5H3,(H,51,56)(H3,47,48,49,50). The number of nitrogen functional groups attached to an aromatic ring is 1. The van der Waals surface area contributed by atoms with E-state index >= 15 is 0 Å². The van der Waals surface area contributed by atoms with Gasteiger partial charge in [0.05, 0.1) is 19.9 Å². The van der Waals surface area contributed by atoms with Crippen molar-refractivity contribution in [1.29, 1.82) is 0 Å². The summed E-state index contributed by atoms with van der Waals surface area (Å²) in [5.74, 6) is 1.98. The molecule has 1 aromatic carbocycles. The van der Waals surface area contributed by atoms with E-state index in [-0.39, 0.29) is 23.3 Å². The number of nitrogens with two attached hydrogens (primary N) is 1. The highest BCUT2D eigenvalue weighted by atomic mass is 16.5. The number of carbonyl (C=O) groups is 2. The smallest absolute Gasteiger partial charge is 0.222 e. The number of rotatable bonds is 29. The molecule has 4 N–H and O–H groups in total. The van der Waals surface area contributed by atoms with Crippen molar-refractivity contribution in [1.82, 2.24) is 30.0 Å². The number of nitrogens with one attached hydrogen (secondary N) is 2. The van der Waals surface area contributed by atoms with Gasteiger partial charge in [-0.2, -0.15) is 10.1 Å². The van der Waals surface area contributed by atoms with Crippen LogP contribution in [0.5, 0.6) is 5.75 Å². The first-order valence-electron chi connectivity index (χ1n) is 22.9. The molecule has 1 fully saturated rings. The summed E-state index contributed by atoms with van der Waals surface area (Å²) in [6, 6.07) is 6.27. The Labute approximate surface area is 349 Å². The highest BCUT2D eigenvalue weighted by Gasteiger charge is 2.24. The first-order valence-corrected chi connectivity index (χ1v) is 22.9. The predicted molar refractivity (Wildman–Crippen MR) is 240 cm³/mol. The Bertz CT molecular complexity index is 1650. The Morgan fingerprint density at radius 3 is 2.03 bits per heavy atom. The van der Waals surface area contributed by atoms with Crippen molar-refractivity contribution in [2.45, 2.75) is 175 Å². The molecule has 0 bridgehead atoms. The summed E-state index contributed by atoms with van der Waals surface area (Å²) in [6.07, 6.45) is 26.4. The number of amides is 2. The molecule has 0 atom stereocenters. The number of aromatic nitrogens is 4. The second kappa shape index (κ2) is 25.4. The van der Waals surface area contributed by atoms with Gasteiger partial charge >= 0.3 is 0 Å². The van der Waals surface area contributed by atoms with Crippen LogP contribution in [0.1, 0.15) is 168 Å². The molecule has 1 aliphatic rings. The number of hydrogen-bond donors (Lipinski definition) is 3. The zero-order valence-corrected chi connectivity index (χ0v) is 36.9. The van der Waals surface area contributed by atoms with Gasteiger partial charge < -0.3 is 30.9 Å². The largest absolute Gasteiger partial charge is 0.496 e. The summed E-state index contributed by atoms with van der Waals surface area (Å²) < 4.78 is 7.68. The lowest BCUT2D eigenvalue weighted by Gasteiger charge is -2.36. The topological polar surface area (TPSA) is 144 Å². The minimum Gasteiger partial charge on any atom is -0.496 e. The van der Waals surface area contributed by atoms with Crippen molar-refractivity contribution >= 4 is 40.3 Å². The number of hydrogen-bond acceptors (Lipinski definition) is 9. The molecule has 0 unspecified atom stereocenters. The fraction of sp³-hybridized carbons (Fsp3) is 0.717. The summed E-state index contributed by atoms with van der Waals surface area (Å²) in [5, 5.41) is 11.4. The van der Waals surface area contributed by atoms with Gasteiger partial charge in [-0.3, -0.25) is 14.3 Å². The second-order valence-corrected chi connectivity index (χ2v) is 17.1. The summed E-state index contributed by atoms with van der Waals surface area (Å²) in [5.41, 5.74) is 9.13. The van der Waals surface area contributed by atoms with Gasteiger partial charge in [-0.25, -0.2) is 4.98 Å². The van der Waals surface area contributed by atoms with E-state index in [0.717, 1.165) is 75.2 Å². The van der Waals surface area contributed by atoms with Gasteiger partial charge in [0.25, 0.3) is 0 Å². The number of carbonyl (C=O) groups excluding carboxylic acids is 2. The summed E-state index contributed by atoms with van der Waals surface area (Å²) in [7, 11) is 1.69. The number of unbranched alkanes of at least 4 members (excludes halogenated alkanes) is 15. The van der Waals surface area contributed by atoms with Crippen LogP contribution >= 0.6 is 0 Å². The Morgan fingerprint density at radius 2 is 1.41 bits per heavy atom. The van der Waals surface area contributed by atoms with E-state index in [1.54, 1.807) is 7.11 Å². The molecule has 12 heteroatoms. The maximum atomic E-state index is 13.2. The van der Waals surface area contributed by atoms with Crippen LogP contribution in [0.2, 0.25) is 0 Å². The first kappa shape index (κ1) is 46.6. The summed E-state index contributed by atoms with van der Waals surface area (Å²) in [6.45, 7) is 12.8. The zero-order chi connectivity index (χ0) is 41.6. The second-order valence-electron chi connectivity index (χ2n) is 17.1. The van der Waals surface area contributed by atoms with Crippen LogP contribution in [0.15, 0.2) is 24.4 Å². The number of benzene rings is 1. The third-order valence-electron chi connectivity index (χ3n) is 11.5. The molecule has 58 heavy (non-hydrogen) atoms. The summed E-state index contributed by atoms with van der Waals surface area (Å²) >= 11 is 0. The third kappa shape index (κ3) is 16.3. The fourth-order valence-corrected chi connectivity index (χ4v) is 8.01.